The molecule has 0 atom stereocenters. The molecule has 94 valence electrons. The SMILES string of the molecule is CCOC(=O)/C(C)=C(/C#N)c1ccc(Cl)cc1Cl. The van der Waals surface area contributed by atoms with Gasteiger partial charge in [-0.05, 0) is 26.0 Å². The van der Waals surface area contributed by atoms with E-state index in [-0.39, 0.29) is 17.8 Å². The number of carbonyl (C=O) groups is 1. The molecule has 0 radical (unpaired) electrons. The number of nitrogens with zero attached hydrogens (tertiary/aromatic N) is 1. The van der Waals surface area contributed by atoms with Crippen LogP contribution in [0, 0.1) is 11.3 Å². The molecule has 0 saturated heterocycles. The molecule has 0 unspecified atom stereocenters. The van der Waals surface area contributed by atoms with E-state index in [1.807, 2.05) is 6.07 Å². The molecule has 0 heterocycles. The highest BCUT2D eigenvalue weighted by Crippen LogP contribution is 2.28. The lowest BCUT2D eigenvalue weighted by atomic mass is 10.0. The van der Waals surface area contributed by atoms with Gasteiger partial charge in [0, 0.05) is 10.6 Å². The molecule has 1 rings (SSSR count). The van der Waals surface area contributed by atoms with Gasteiger partial charge in [0.05, 0.1) is 22.8 Å². The molecule has 0 spiro atoms. The number of hydrogen-bond donors (Lipinski definition) is 0. The topological polar surface area (TPSA) is 50.1 Å². The summed E-state index contributed by atoms with van der Waals surface area (Å²) in [6.45, 7) is 3.48. The van der Waals surface area contributed by atoms with Crippen LogP contribution in [0.1, 0.15) is 19.4 Å². The van der Waals surface area contributed by atoms with Crippen molar-refractivity contribution >= 4 is 34.7 Å². The molecule has 0 amide bonds. The summed E-state index contributed by atoms with van der Waals surface area (Å²) < 4.78 is 4.85. The predicted molar refractivity (Wildman–Crippen MR) is 71.3 cm³/mol. The van der Waals surface area contributed by atoms with E-state index in [0.717, 1.165) is 0 Å². The van der Waals surface area contributed by atoms with Crippen molar-refractivity contribution in [3.8, 4) is 6.07 Å². The summed E-state index contributed by atoms with van der Waals surface area (Å²) in [4.78, 5) is 11.6. The van der Waals surface area contributed by atoms with E-state index < -0.39 is 5.97 Å². The van der Waals surface area contributed by atoms with Crippen LogP contribution in [-0.2, 0) is 9.53 Å². The number of nitriles is 1. The first-order valence-corrected chi connectivity index (χ1v) is 6.00. The first kappa shape index (κ1) is 14.6. The predicted octanol–water partition coefficient (Wildman–Crippen LogP) is 3.85. The van der Waals surface area contributed by atoms with Gasteiger partial charge in [0.15, 0.2) is 0 Å². The molecule has 18 heavy (non-hydrogen) atoms. The summed E-state index contributed by atoms with van der Waals surface area (Å²) >= 11 is 11.8. The molecular weight excluding hydrogens is 273 g/mol. The molecule has 0 aliphatic carbocycles. The molecule has 3 nitrogen and oxygen atoms in total. The molecule has 0 fully saturated rings. The molecule has 1 aromatic rings. The molecule has 0 aliphatic rings. The smallest absolute Gasteiger partial charge is 0.335 e. The van der Waals surface area contributed by atoms with Gasteiger partial charge in [0.1, 0.15) is 6.07 Å². The van der Waals surface area contributed by atoms with E-state index in [1.165, 1.54) is 13.0 Å². The van der Waals surface area contributed by atoms with Crippen LogP contribution in [0.4, 0.5) is 0 Å². The Bertz CT molecular complexity index is 544. The molecule has 0 bridgehead atoms. The van der Waals surface area contributed by atoms with Crippen LogP contribution in [0.2, 0.25) is 10.0 Å². The third-order valence-electron chi connectivity index (χ3n) is 2.27. The fourth-order valence-electron chi connectivity index (χ4n) is 1.38. The molecule has 0 aliphatic heterocycles. The lowest BCUT2D eigenvalue weighted by Crippen LogP contribution is -2.07. The molecule has 1 aromatic carbocycles. The van der Waals surface area contributed by atoms with Crippen LogP contribution in [0.5, 0.6) is 0 Å². The summed E-state index contributed by atoms with van der Waals surface area (Å²) in [6, 6.07) is 6.70. The van der Waals surface area contributed by atoms with Crippen LogP contribution in [0.15, 0.2) is 23.8 Å². The first-order chi connectivity index (χ1) is 8.51. The highest BCUT2D eigenvalue weighted by Gasteiger charge is 2.15. The summed E-state index contributed by atoms with van der Waals surface area (Å²) in [5.41, 5.74) is 0.882. The maximum Gasteiger partial charge on any atom is 0.335 e. The van der Waals surface area contributed by atoms with E-state index in [0.29, 0.717) is 15.6 Å². The van der Waals surface area contributed by atoms with Crippen molar-refractivity contribution in [1.82, 2.24) is 0 Å². The summed E-state index contributed by atoms with van der Waals surface area (Å²) in [5, 5.41) is 9.94. The quantitative estimate of drug-likeness (QED) is 0.481. The number of rotatable bonds is 3. The molecular formula is C13H11Cl2NO2. The van der Waals surface area contributed by atoms with Gasteiger partial charge in [-0.2, -0.15) is 5.26 Å². The van der Waals surface area contributed by atoms with E-state index in [9.17, 15) is 4.79 Å². The zero-order chi connectivity index (χ0) is 13.7. The monoisotopic (exact) mass is 283 g/mol. The Morgan fingerprint density at radius 1 is 1.44 bits per heavy atom. The van der Waals surface area contributed by atoms with Gasteiger partial charge in [-0.25, -0.2) is 4.79 Å². The number of halogens is 2. The van der Waals surface area contributed by atoms with E-state index >= 15 is 0 Å². The lowest BCUT2D eigenvalue weighted by molar-refractivity contribution is -0.138. The first-order valence-electron chi connectivity index (χ1n) is 5.24. The third-order valence-corrected chi connectivity index (χ3v) is 2.82. The van der Waals surface area contributed by atoms with Gasteiger partial charge in [0.2, 0.25) is 0 Å². The largest absolute Gasteiger partial charge is 0.463 e. The van der Waals surface area contributed by atoms with Crippen molar-refractivity contribution in [3.63, 3.8) is 0 Å². The van der Waals surface area contributed by atoms with Crippen LogP contribution in [0.25, 0.3) is 5.57 Å². The average molecular weight is 284 g/mol. The minimum absolute atomic E-state index is 0.190. The maximum absolute atomic E-state index is 11.6. The van der Waals surface area contributed by atoms with Crippen molar-refractivity contribution in [2.45, 2.75) is 13.8 Å². The van der Waals surface area contributed by atoms with Crippen LogP contribution in [-0.4, -0.2) is 12.6 Å². The Morgan fingerprint density at radius 3 is 2.61 bits per heavy atom. The molecule has 0 N–H and O–H groups in total. The summed E-state index contributed by atoms with van der Waals surface area (Å²) in [7, 11) is 0. The van der Waals surface area contributed by atoms with Gasteiger partial charge < -0.3 is 4.74 Å². The van der Waals surface area contributed by atoms with Crippen LogP contribution in [0.3, 0.4) is 0 Å². The number of ether oxygens (including phenoxy) is 1. The van der Waals surface area contributed by atoms with Crippen LogP contribution < -0.4 is 0 Å². The van der Waals surface area contributed by atoms with Crippen molar-refractivity contribution in [1.29, 1.82) is 5.26 Å². The highest BCUT2D eigenvalue weighted by molar-refractivity contribution is 6.36. The Morgan fingerprint density at radius 2 is 2.11 bits per heavy atom. The van der Waals surface area contributed by atoms with Crippen molar-refractivity contribution < 1.29 is 9.53 Å². The number of carbonyl (C=O) groups excluding carboxylic acids is 1. The minimum atomic E-state index is -0.528. The summed E-state index contributed by atoms with van der Waals surface area (Å²) in [6.07, 6.45) is 0. The Hall–Kier alpha value is -1.50. The number of hydrogen-bond acceptors (Lipinski definition) is 3. The van der Waals surface area contributed by atoms with Gasteiger partial charge >= 0.3 is 5.97 Å². The van der Waals surface area contributed by atoms with E-state index in [2.05, 4.69) is 0 Å². The van der Waals surface area contributed by atoms with E-state index in [1.54, 1.807) is 19.1 Å². The normalized spacial score (nSPS) is 11.5. The molecule has 0 aromatic heterocycles. The number of allylic oxidation sites excluding steroid dienone is 1. The lowest BCUT2D eigenvalue weighted by Gasteiger charge is -2.07. The third kappa shape index (κ3) is 3.25. The van der Waals surface area contributed by atoms with Crippen molar-refractivity contribution in [2.75, 3.05) is 6.61 Å². The van der Waals surface area contributed by atoms with Gasteiger partial charge in [0.25, 0.3) is 0 Å². The standard InChI is InChI=1S/C13H11Cl2NO2/c1-3-18-13(17)8(2)11(7-16)10-5-4-9(14)6-12(10)15/h4-6H,3H2,1-2H3/b11-8-. The highest BCUT2D eigenvalue weighted by atomic mass is 35.5. The maximum atomic E-state index is 11.6. The zero-order valence-corrected chi connectivity index (χ0v) is 11.5. The average Bonchev–Trinajstić information content (AvgIpc) is 2.32. The summed E-state index contributed by atoms with van der Waals surface area (Å²) in [5.74, 6) is -0.528. The second kappa shape index (κ2) is 6.44. The fraction of sp³-hybridized carbons (Fsp3) is 0.231. The molecule has 5 heteroatoms. The Labute approximate surface area is 116 Å². The molecule has 0 saturated carbocycles. The van der Waals surface area contributed by atoms with Crippen LogP contribution >= 0.6 is 23.2 Å². The Kier molecular flexibility index (Phi) is 5.21. The Balaban J connectivity index is 3.30. The second-order valence-corrected chi connectivity index (χ2v) is 4.30. The number of esters is 1. The minimum Gasteiger partial charge on any atom is -0.463 e. The van der Waals surface area contributed by atoms with Gasteiger partial charge in [-0.3, -0.25) is 0 Å². The van der Waals surface area contributed by atoms with Gasteiger partial charge in [-0.1, -0.05) is 29.3 Å². The zero-order valence-electron chi connectivity index (χ0n) is 9.96. The second-order valence-electron chi connectivity index (χ2n) is 3.46. The van der Waals surface area contributed by atoms with Gasteiger partial charge in [-0.15, -0.1) is 0 Å². The van der Waals surface area contributed by atoms with E-state index in [4.69, 9.17) is 33.2 Å². The number of benzene rings is 1. The van der Waals surface area contributed by atoms with Crippen molar-refractivity contribution in [3.05, 3.63) is 39.4 Å². The fourth-order valence-corrected chi connectivity index (χ4v) is 1.88. The van der Waals surface area contributed by atoms with Crippen molar-refractivity contribution in [2.24, 2.45) is 0 Å².